The number of nitrogens with zero attached hydrogens (tertiary/aromatic N) is 2. The monoisotopic (exact) mass is 351 g/mol. The van der Waals surface area contributed by atoms with Gasteiger partial charge >= 0.3 is 5.97 Å². The van der Waals surface area contributed by atoms with Crippen molar-refractivity contribution < 1.29 is 14.7 Å². The van der Waals surface area contributed by atoms with E-state index < -0.39 is 11.9 Å². The number of amides is 1. The molecule has 0 saturated carbocycles. The molecule has 24 heavy (non-hydrogen) atoms. The van der Waals surface area contributed by atoms with Crippen molar-refractivity contribution in [1.82, 2.24) is 15.2 Å². The van der Waals surface area contributed by atoms with E-state index in [0.29, 0.717) is 26.1 Å². The number of carbonyl (C=O) groups is 2. The molecule has 1 aliphatic heterocycles. The SMILES string of the molecule is CSCCCN1C[C@H](C(=O)O)C[C@H](C(=O)NCc2cccnc2)C1. The third-order valence-electron chi connectivity index (χ3n) is 4.26. The van der Waals surface area contributed by atoms with Crippen LogP contribution in [-0.2, 0) is 16.1 Å². The molecule has 0 radical (unpaired) electrons. The van der Waals surface area contributed by atoms with E-state index in [-0.39, 0.29) is 11.8 Å². The molecule has 1 aliphatic rings. The average molecular weight is 351 g/mol. The molecule has 7 heteroatoms. The van der Waals surface area contributed by atoms with Gasteiger partial charge in [0.1, 0.15) is 0 Å². The first-order valence-corrected chi connectivity index (χ1v) is 9.60. The van der Waals surface area contributed by atoms with Crippen molar-refractivity contribution in [2.45, 2.75) is 19.4 Å². The maximum Gasteiger partial charge on any atom is 0.307 e. The van der Waals surface area contributed by atoms with E-state index in [1.165, 1.54) is 0 Å². The molecule has 2 atom stereocenters. The van der Waals surface area contributed by atoms with Crippen LogP contribution in [0.15, 0.2) is 24.5 Å². The lowest BCUT2D eigenvalue weighted by Crippen LogP contribution is -2.48. The minimum absolute atomic E-state index is 0.0698. The van der Waals surface area contributed by atoms with Gasteiger partial charge in [-0.25, -0.2) is 0 Å². The second-order valence-electron chi connectivity index (χ2n) is 6.15. The summed E-state index contributed by atoms with van der Waals surface area (Å²) in [5, 5.41) is 12.3. The molecule has 1 aromatic rings. The minimum Gasteiger partial charge on any atom is -0.481 e. The van der Waals surface area contributed by atoms with Gasteiger partial charge in [-0.05, 0) is 43.0 Å². The van der Waals surface area contributed by atoms with E-state index in [1.54, 1.807) is 24.2 Å². The number of piperidine rings is 1. The van der Waals surface area contributed by atoms with Crippen molar-refractivity contribution in [3.05, 3.63) is 30.1 Å². The predicted octanol–water partition coefficient (Wildman–Crippen LogP) is 1.47. The van der Waals surface area contributed by atoms with Gasteiger partial charge in [0.15, 0.2) is 0 Å². The highest BCUT2D eigenvalue weighted by Gasteiger charge is 2.34. The first kappa shape index (κ1) is 18.7. The highest BCUT2D eigenvalue weighted by molar-refractivity contribution is 7.98. The molecule has 6 nitrogen and oxygen atoms in total. The summed E-state index contributed by atoms with van der Waals surface area (Å²) in [6, 6.07) is 3.74. The Morgan fingerprint density at radius 2 is 2.21 bits per heavy atom. The molecule has 1 amide bonds. The van der Waals surface area contributed by atoms with E-state index in [2.05, 4.69) is 21.5 Å². The molecule has 0 aliphatic carbocycles. The number of hydrogen-bond donors (Lipinski definition) is 2. The number of rotatable bonds is 8. The van der Waals surface area contributed by atoms with E-state index >= 15 is 0 Å². The number of carboxylic acid groups (broad SMARTS) is 1. The van der Waals surface area contributed by atoms with Gasteiger partial charge in [0.2, 0.25) is 5.91 Å². The topological polar surface area (TPSA) is 82.5 Å². The van der Waals surface area contributed by atoms with Gasteiger partial charge in [-0.15, -0.1) is 0 Å². The smallest absolute Gasteiger partial charge is 0.307 e. The molecule has 0 spiro atoms. The average Bonchev–Trinajstić information content (AvgIpc) is 2.60. The Morgan fingerprint density at radius 3 is 2.88 bits per heavy atom. The molecule has 2 N–H and O–H groups in total. The number of carbonyl (C=O) groups excluding carboxylic acids is 1. The van der Waals surface area contributed by atoms with Crippen LogP contribution in [0.1, 0.15) is 18.4 Å². The lowest BCUT2D eigenvalue weighted by atomic mass is 9.88. The standard InChI is InChI=1S/C17H25N3O3S/c1-24-7-3-6-20-11-14(8-15(12-20)17(22)23)16(21)19-10-13-4-2-5-18-9-13/h2,4-5,9,14-15H,3,6-8,10-12H2,1H3,(H,19,21)(H,22,23)/t14-,15+/m0/s1. The van der Waals surface area contributed by atoms with Gasteiger partial charge in [0.25, 0.3) is 0 Å². The summed E-state index contributed by atoms with van der Waals surface area (Å²) < 4.78 is 0. The first-order chi connectivity index (χ1) is 11.6. The minimum atomic E-state index is -0.811. The molecule has 0 unspecified atom stereocenters. The third-order valence-corrected chi connectivity index (χ3v) is 4.96. The van der Waals surface area contributed by atoms with E-state index in [4.69, 9.17) is 0 Å². The van der Waals surface area contributed by atoms with Crippen LogP contribution in [-0.4, -0.2) is 58.5 Å². The number of carboxylic acids is 1. The zero-order chi connectivity index (χ0) is 17.4. The molecular weight excluding hydrogens is 326 g/mol. The number of pyridine rings is 1. The fourth-order valence-electron chi connectivity index (χ4n) is 3.01. The Hall–Kier alpha value is -1.60. The molecule has 1 fully saturated rings. The Bertz CT molecular complexity index is 541. The van der Waals surface area contributed by atoms with Crippen molar-refractivity contribution in [2.75, 3.05) is 31.6 Å². The summed E-state index contributed by atoms with van der Waals surface area (Å²) in [5.41, 5.74) is 0.938. The van der Waals surface area contributed by atoms with Crippen LogP contribution in [0.25, 0.3) is 0 Å². The molecule has 0 aromatic carbocycles. The summed E-state index contributed by atoms with van der Waals surface area (Å²) in [6.07, 6.45) is 6.89. The quantitative estimate of drug-likeness (QED) is 0.690. The first-order valence-electron chi connectivity index (χ1n) is 8.21. The molecule has 1 saturated heterocycles. The summed E-state index contributed by atoms with van der Waals surface area (Å²) in [7, 11) is 0. The van der Waals surface area contributed by atoms with Crippen LogP contribution < -0.4 is 5.32 Å². The largest absolute Gasteiger partial charge is 0.481 e. The second kappa shape index (κ2) is 9.64. The molecule has 1 aromatic heterocycles. The number of nitrogens with one attached hydrogen (secondary N) is 1. The van der Waals surface area contributed by atoms with Crippen LogP contribution in [0, 0.1) is 11.8 Å². The Morgan fingerprint density at radius 1 is 1.42 bits per heavy atom. The number of aliphatic carboxylic acids is 1. The molecule has 2 heterocycles. The normalized spacial score (nSPS) is 21.4. The van der Waals surface area contributed by atoms with Gasteiger partial charge in [0.05, 0.1) is 11.8 Å². The fraction of sp³-hybridized carbons (Fsp3) is 0.588. The van der Waals surface area contributed by atoms with Crippen LogP contribution in [0.3, 0.4) is 0 Å². The Kier molecular flexibility index (Phi) is 7.52. The summed E-state index contributed by atoms with van der Waals surface area (Å²) in [5.74, 6) is -0.575. The third kappa shape index (κ3) is 5.79. The number of thioether (sulfide) groups is 1. The molecule has 0 bridgehead atoms. The van der Waals surface area contributed by atoms with Crippen molar-refractivity contribution in [1.29, 1.82) is 0 Å². The highest BCUT2D eigenvalue weighted by atomic mass is 32.2. The number of hydrogen-bond acceptors (Lipinski definition) is 5. The second-order valence-corrected chi connectivity index (χ2v) is 7.14. The zero-order valence-corrected chi connectivity index (χ0v) is 14.8. The van der Waals surface area contributed by atoms with Crippen molar-refractivity contribution in [3.8, 4) is 0 Å². The van der Waals surface area contributed by atoms with Gasteiger partial charge in [-0.2, -0.15) is 11.8 Å². The molecule has 2 rings (SSSR count). The van der Waals surface area contributed by atoms with Gasteiger partial charge in [0, 0.05) is 32.0 Å². The van der Waals surface area contributed by atoms with E-state index in [1.807, 2.05) is 12.1 Å². The Balaban J connectivity index is 1.90. The van der Waals surface area contributed by atoms with Crippen molar-refractivity contribution >= 4 is 23.6 Å². The summed E-state index contributed by atoms with van der Waals surface area (Å²) in [6.45, 7) is 2.44. The number of likely N-dealkylation sites (tertiary alicyclic amines) is 1. The van der Waals surface area contributed by atoms with Gasteiger partial charge in [-0.1, -0.05) is 6.07 Å². The number of aromatic nitrogens is 1. The van der Waals surface area contributed by atoms with E-state index in [0.717, 1.165) is 24.3 Å². The van der Waals surface area contributed by atoms with Gasteiger partial charge in [-0.3, -0.25) is 14.6 Å². The van der Waals surface area contributed by atoms with Gasteiger partial charge < -0.3 is 15.3 Å². The maximum absolute atomic E-state index is 12.5. The predicted molar refractivity (Wildman–Crippen MR) is 94.8 cm³/mol. The summed E-state index contributed by atoms with van der Waals surface area (Å²) in [4.78, 5) is 30.0. The molecule has 132 valence electrons. The maximum atomic E-state index is 12.5. The van der Waals surface area contributed by atoms with Crippen LogP contribution in [0.5, 0.6) is 0 Å². The van der Waals surface area contributed by atoms with Crippen molar-refractivity contribution in [3.63, 3.8) is 0 Å². The van der Waals surface area contributed by atoms with E-state index in [9.17, 15) is 14.7 Å². The lowest BCUT2D eigenvalue weighted by Gasteiger charge is -2.35. The fourth-order valence-corrected chi connectivity index (χ4v) is 3.43. The summed E-state index contributed by atoms with van der Waals surface area (Å²) >= 11 is 1.78. The lowest BCUT2D eigenvalue weighted by molar-refractivity contribution is -0.145. The Labute approximate surface area is 147 Å². The molecular formula is C17H25N3O3S. The van der Waals surface area contributed by atoms with Crippen LogP contribution >= 0.6 is 11.8 Å². The van der Waals surface area contributed by atoms with Crippen molar-refractivity contribution in [2.24, 2.45) is 11.8 Å². The zero-order valence-electron chi connectivity index (χ0n) is 14.0. The highest BCUT2D eigenvalue weighted by Crippen LogP contribution is 2.23. The van der Waals surface area contributed by atoms with Crippen LogP contribution in [0.2, 0.25) is 0 Å². The van der Waals surface area contributed by atoms with Crippen LogP contribution in [0.4, 0.5) is 0 Å².